The number of allylic oxidation sites excluding steroid dienone is 4. The fraction of sp³-hybridized carbons (Fsp3) is 0.409. The molecule has 1 amide bonds. The lowest BCUT2D eigenvalue weighted by atomic mass is 9.83. The number of amides is 1. The Hall–Kier alpha value is -2.20. The van der Waals surface area contributed by atoms with Crippen LogP contribution in [0.3, 0.4) is 0 Å². The molecule has 0 saturated carbocycles. The Morgan fingerprint density at radius 3 is 2.74 bits per heavy atom. The van der Waals surface area contributed by atoms with Gasteiger partial charge >= 0.3 is 0 Å². The molecule has 2 aliphatic rings. The fourth-order valence-corrected chi connectivity index (χ4v) is 3.84. The van der Waals surface area contributed by atoms with Crippen molar-refractivity contribution < 1.29 is 9.53 Å². The van der Waals surface area contributed by atoms with E-state index in [2.05, 4.69) is 37.2 Å². The average Bonchev–Trinajstić information content (AvgIpc) is 2.61. The minimum absolute atomic E-state index is 0.0306. The van der Waals surface area contributed by atoms with Crippen molar-refractivity contribution >= 4 is 17.5 Å². The quantitative estimate of drug-likeness (QED) is 0.797. The third-order valence-corrected chi connectivity index (χ3v) is 5.39. The summed E-state index contributed by atoms with van der Waals surface area (Å²) in [5.41, 5.74) is 5.39. The predicted octanol–water partition coefficient (Wildman–Crippen LogP) is 4.93. The van der Waals surface area contributed by atoms with E-state index in [-0.39, 0.29) is 12.0 Å². The lowest BCUT2D eigenvalue weighted by molar-refractivity contribution is 0.0965. The molecule has 0 bridgehead atoms. The van der Waals surface area contributed by atoms with Crippen LogP contribution < -0.4 is 10.1 Å². The van der Waals surface area contributed by atoms with Gasteiger partial charge < -0.3 is 15.0 Å². The predicted molar refractivity (Wildman–Crippen MR) is 110 cm³/mol. The normalized spacial score (nSPS) is 19.5. The van der Waals surface area contributed by atoms with Crippen molar-refractivity contribution in [1.82, 2.24) is 10.2 Å². The molecule has 0 spiro atoms. The number of nitrogens with one attached hydrogen (secondary N) is 1. The van der Waals surface area contributed by atoms with Crippen LogP contribution >= 0.6 is 11.6 Å². The summed E-state index contributed by atoms with van der Waals surface area (Å²) >= 11 is 6.26. The molecule has 5 heteroatoms. The van der Waals surface area contributed by atoms with Crippen LogP contribution in [0.25, 0.3) is 0 Å². The molecule has 27 heavy (non-hydrogen) atoms. The Kier molecular flexibility index (Phi) is 5.66. The first-order valence-corrected chi connectivity index (χ1v) is 9.73. The lowest BCUT2D eigenvalue weighted by Crippen LogP contribution is -2.33. The Morgan fingerprint density at radius 2 is 2.07 bits per heavy atom. The summed E-state index contributed by atoms with van der Waals surface area (Å²) in [5, 5.41) is 3.47. The molecule has 1 atom stereocenters. The van der Waals surface area contributed by atoms with Crippen molar-refractivity contribution in [2.45, 2.75) is 40.2 Å². The topological polar surface area (TPSA) is 41.6 Å². The molecule has 1 aliphatic carbocycles. The van der Waals surface area contributed by atoms with Crippen molar-refractivity contribution in [2.24, 2.45) is 5.92 Å². The Bertz CT molecular complexity index is 852. The zero-order valence-electron chi connectivity index (χ0n) is 16.6. The monoisotopic (exact) mass is 386 g/mol. The molecule has 4 nitrogen and oxygen atoms in total. The van der Waals surface area contributed by atoms with E-state index in [0.29, 0.717) is 22.3 Å². The van der Waals surface area contributed by atoms with Gasteiger partial charge in [-0.1, -0.05) is 24.6 Å². The minimum atomic E-state index is -0.161. The highest BCUT2D eigenvalue weighted by atomic mass is 35.5. The molecule has 1 heterocycles. The molecule has 0 saturated heterocycles. The van der Waals surface area contributed by atoms with Gasteiger partial charge in [0.05, 0.1) is 11.1 Å². The van der Waals surface area contributed by atoms with E-state index in [0.717, 1.165) is 18.7 Å². The van der Waals surface area contributed by atoms with E-state index in [1.165, 1.54) is 16.8 Å². The van der Waals surface area contributed by atoms with E-state index in [9.17, 15) is 4.79 Å². The minimum Gasteiger partial charge on any atom is -0.489 e. The van der Waals surface area contributed by atoms with Gasteiger partial charge in [0, 0.05) is 37.0 Å². The van der Waals surface area contributed by atoms with Gasteiger partial charge in [0.1, 0.15) is 5.75 Å². The third kappa shape index (κ3) is 4.22. The number of halogens is 1. The SMILES string of the molecule is CC1=C2CC(NC(=O)c3ccc(OC(C)C)c(Cl)c3)=CC=C2C(C)CN1C. The Balaban J connectivity index is 1.76. The summed E-state index contributed by atoms with van der Waals surface area (Å²) in [5.74, 6) is 0.925. The van der Waals surface area contributed by atoms with E-state index >= 15 is 0 Å². The maximum atomic E-state index is 12.7. The van der Waals surface area contributed by atoms with Crippen LogP contribution in [0, 0.1) is 5.92 Å². The largest absolute Gasteiger partial charge is 0.489 e. The second-order valence-corrected chi connectivity index (χ2v) is 8.01. The number of carbonyl (C=O) groups excluding carboxylic acids is 1. The van der Waals surface area contributed by atoms with E-state index in [4.69, 9.17) is 16.3 Å². The number of nitrogens with zero attached hydrogens (tertiary/aromatic N) is 1. The van der Waals surface area contributed by atoms with Crippen molar-refractivity contribution in [3.63, 3.8) is 0 Å². The lowest BCUT2D eigenvalue weighted by Gasteiger charge is -2.36. The number of hydrogen-bond acceptors (Lipinski definition) is 3. The summed E-state index contributed by atoms with van der Waals surface area (Å²) < 4.78 is 5.63. The number of hydrogen-bond donors (Lipinski definition) is 1. The van der Waals surface area contributed by atoms with Gasteiger partial charge in [-0.25, -0.2) is 0 Å². The smallest absolute Gasteiger partial charge is 0.255 e. The molecule has 1 aromatic rings. The molecule has 1 aromatic carbocycles. The maximum Gasteiger partial charge on any atom is 0.255 e. The van der Waals surface area contributed by atoms with Crippen molar-refractivity contribution in [3.8, 4) is 5.75 Å². The van der Waals surface area contributed by atoms with Crippen LogP contribution in [0.5, 0.6) is 5.75 Å². The first-order valence-electron chi connectivity index (χ1n) is 9.35. The van der Waals surface area contributed by atoms with Crippen LogP contribution in [-0.2, 0) is 0 Å². The summed E-state index contributed by atoms with van der Waals surface area (Å²) in [6, 6.07) is 5.14. The van der Waals surface area contributed by atoms with Gasteiger partial charge in [-0.05, 0) is 62.1 Å². The molecule has 0 aromatic heterocycles. The first-order chi connectivity index (χ1) is 12.8. The van der Waals surface area contributed by atoms with E-state index in [1.807, 2.05) is 19.9 Å². The van der Waals surface area contributed by atoms with E-state index in [1.54, 1.807) is 18.2 Å². The molecule has 3 rings (SSSR count). The van der Waals surface area contributed by atoms with Crippen LogP contribution in [0.1, 0.15) is 44.5 Å². The molecule has 1 unspecified atom stereocenters. The molecular weight excluding hydrogens is 360 g/mol. The maximum absolute atomic E-state index is 12.7. The van der Waals surface area contributed by atoms with E-state index < -0.39 is 0 Å². The second kappa shape index (κ2) is 7.81. The summed E-state index contributed by atoms with van der Waals surface area (Å²) in [6.45, 7) is 9.30. The van der Waals surface area contributed by atoms with Gasteiger partial charge in [-0.3, -0.25) is 4.79 Å². The van der Waals surface area contributed by atoms with Crippen molar-refractivity contribution in [3.05, 3.63) is 63.5 Å². The highest BCUT2D eigenvalue weighted by molar-refractivity contribution is 6.32. The zero-order valence-corrected chi connectivity index (χ0v) is 17.4. The first kappa shape index (κ1) is 19.6. The number of carbonyl (C=O) groups is 1. The number of benzene rings is 1. The molecule has 1 N–H and O–H groups in total. The van der Waals surface area contributed by atoms with Gasteiger partial charge in [0.15, 0.2) is 0 Å². The molecule has 144 valence electrons. The van der Waals surface area contributed by atoms with Crippen LogP contribution in [0.2, 0.25) is 5.02 Å². The number of rotatable bonds is 4. The molecule has 0 radical (unpaired) electrons. The van der Waals surface area contributed by atoms with Gasteiger partial charge in [0.2, 0.25) is 0 Å². The number of ether oxygens (including phenoxy) is 1. The summed E-state index contributed by atoms with van der Waals surface area (Å²) in [4.78, 5) is 15.0. The van der Waals surface area contributed by atoms with Crippen molar-refractivity contribution in [2.75, 3.05) is 13.6 Å². The van der Waals surface area contributed by atoms with Gasteiger partial charge in [-0.15, -0.1) is 0 Å². The second-order valence-electron chi connectivity index (χ2n) is 7.60. The molecular formula is C22H27ClN2O2. The Morgan fingerprint density at radius 1 is 1.33 bits per heavy atom. The highest BCUT2D eigenvalue weighted by Crippen LogP contribution is 2.36. The Labute approximate surface area is 166 Å². The van der Waals surface area contributed by atoms with Gasteiger partial charge in [0.25, 0.3) is 5.91 Å². The highest BCUT2D eigenvalue weighted by Gasteiger charge is 2.27. The standard InChI is InChI=1S/C22H27ClN2O2/c1-13(2)27-21-9-6-16(10-20(21)23)22(26)24-17-7-8-18-14(3)12-25(5)15(4)19(18)11-17/h6-10,13-14H,11-12H2,1-5H3,(H,24,26). The zero-order chi connectivity index (χ0) is 19.7. The van der Waals surface area contributed by atoms with Crippen LogP contribution in [0.15, 0.2) is 52.9 Å². The van der Waals surface area contributed by atoms with Crippen molar-refractivity contribution in [1.29, 1.82) is 0 Å². The fourth-order valence-electron chi connectivity index (χ4n) is 3.61. The molecule has 1 aliphatic heterocycles. The number of fused-ring (bicyclic) bond motifs is 1. The third-order valence-electron chi connectivity index (χ3n) is 5.10. The van der Waals surface area contributed by atoms with Gasteiger partial charge in [-0.2, -0.15) is 0 Å². The average molecular weight is 387 g/mol. The van der Waals surface area contributed by atoms with Crippen LogP contribution in [-0.4, -0.2) is 30.5 Å². The summed E-state index contributed by atoms with van der Waals surface area (Å²) in [7, 11) is 2.12. The molecule has 0 fully saturated rings. The van der Waals surface area contributed by atoms with Crippen LogP contribution in [0.4, 0.5) is 0 Å². The summed E-state index contributed by atoms with van der Waals surface area (Å²) in [6.07, 6.45) is 4.93.